The lowest BCUT2D eigenvalue weighted by atomic mass is 10.00. The van der Waals surface area contributed by atoms with E-state index in [1.54, 1.807) is 0 Å². The summed E-state index contributed by atoms with van der Waals surface area (Å²) in [6, 6.07) is 0. The fourth-order valence-electron chi connectivity index (χ4n) is 2.35. The maximum absolute atomic E-state index is 10.3. The zero-order valence-corrected chi connectivity index (χ0v) is 12.9. The van der Waals surface area contributed by atoms with Crippen molar-refractivity contribution < 1.29 is 20.1 Å². The van der Waals surface area contributed by atoms with Gasteiger partial charge in [0.1, 0.15) is 0 Å². The van der Waals surface area contributed by atoms with Gasteiger partial charge in [-0.25, -0.2) is 0 Å². The quantitative estimate of drug-likeness (QED) is 0.335. The summed E-state index contributed by atoms with van der Waals surface area (Å²) in [6.45, 7) is 2.21. The summed E-state index contributed by atoms with van der Waals surface area (Å²) in [5.74, 6) is -2.43. The second-order valence-corrected chi connectivity index (χ2v) is 5.81. The minimum Gasteiger partial charge on any atom is -0.481 e. The molecule has 0 atom stereocenters. The minimum atomic E-state index is -1.61. The number of unbranched alkanes of at least 4 members (excludes halogenated alkanes) is 8. The first-order valence-corrected chi connectivity index (χ1v) is 8.14. The molecule has 0 unspecified atom stereocenters. The molecule has 0 bridgehead atoms. The highest BCUT2D eigenvalue weighted by molar-refractivity contribution is 5.66. The van der Waals surface area contributed by atoms with Gasteiger partial charge in [0, 0.05) is 19.3 Å². The molecule has 4 heteroatoms. The highest BCUT2D eigenvalue weighted by atomic mass is 16.5. The number of hydrogen-bond acceptors (Lipinski definition) is 3. The summed E-state index contributed by atoms with van der Waals surface area (Å²) in [7, 11) is 0. The lowest BCUT2D eigenvalue weighted by Gasteiger charge is -2.21. The van der Waals surface area contributed by atoms with Crippen molar-refractivity contribution in [1.82, 2.24) is 0 Å². The Morgan fingerprint density at radius 3 is 1.75 bits per heavy atom. The van der Waals surface area contributed by atoms with Crippen molar-refractivity contribution in [2.24, 2.45) is 0 Å². The van der Waals surface area contributed by atoms with Gasteiger partial charge in [-0.2, -0.15) is 0 Å². The number of aliphatic hydroxyl groups is 2. The molecule has 3 N–H and O–H groups in total. The van der Waals surface area contributed by atoms with Gasteiger partial charge in [0.25, 0.3) is 0 Å². The third kappa shape index (κ3) is 13.8. The molecular formula is C16H32O4. The van der Waals surface area contributed by atoms with Crippen molar-refractivity contribution in [3.05, 3.63) is 0 Å². The molecule has 0 aliphatic rings. The van der Waals surface area contributed by atoms with E-state index >= 15 is 0 Å². The maximum atomic E-state index is 10.3. The highest BCUT2D eigenvalue weighted by Crippen LogP contribution is 2.20. The number of hydrogen-bond donors (Lipinski definition) is 3. The van der Waals surface area contributed by atoms with Crippen LogP contribution in [0.15, 0.2) is 0 Å². The second kappa shape index (κ2) is 12.2. The van der Waals surface area contributed by atoms with Crippen molar-refractivity contribution in [1.29, 1.82) is 0 Å². The average Bonchev–Trinajstić information content (AvgIpc) is 2.38. The molecule has 0 saturated carbocycles. The van der Waals surface area contributed by atoms with Crippen LogP contribution in [-0.2, 0) is 4.79 Å². The molecule has 0 aliphatic carbocycles. The average molecular weight is 288 g/mol. The van der Waals surface area contributed by atoms with Gasteiger partial charge in [-0.15, -0.1) is 0 Å². The van der Waals surface area contributed by atoms with Crippen LogP contribution in [0.5, 0.6) is 0 Å². The van der Waals surface area contributed by atoms with Gasteiger partial charge in [0.05, 0.1) is 0 Å². The predicted octanol–water partition coefficient (Wildman–Crippen LogP) is 3.84. The molecular weight excluding hydrogens is 256 g/mol. The number of carbonyl (C=O) groups is 1. The minimum absolute atomic E-state index is 0.105. The van der Waals surface area contributed by atoms with Crippen LogP contribution < -0.4 is 0 Å². The van der Waals surface area contributed by atoms with Crippen LogP contribution in [0.1, 0.15) is 90.4 Å². The zero-order chi connectivity index (χ0) is 15.3. The fourth-order valence-corrected chi connectivity index (χ4v) is 2.35. The number of carboxylic acid groups (broad SMARTS) is 1. The Bertz CT molecular complexity index is 239. The van der Waals surface area contributed by atoms with Crippen molar-refractivity contribution in [3.8, 4) is 0 Å². The first kappa shape index (κ1) is 19.4. The van der Waals surface area contributed by atoms with Crippen molar-refractivity contribution in [2.45, 2.75) is 96.2 Å². The molecule has 0 aliphatic heterocycles. The van der Waals surface area contributed by atoms with E-state index in [9.17, 15) is 15.0 Å². The Hall–Kier alpha value is -0.610. The molecule has 0 fully saturated rings. The monoisotopic (exact) mass is 288 g/mol. The molecule has 0 rings (SSSR count). The molecule has 0 radical (unpaired) electrons. The third-order valence-corrected chi connectivity index (χ3v) is 3.65. The standard InChI is InChI=1S/C16H32O4/c1-2-3-4-5-6-7-8-10-13-16(19,20)14-11-9-12-15(17)18/h19-20H,2-14H2,1H3,(H,17,18). The summed E-state index contributed by atoms with van der Waals surface area (Å²) >= 11 is 0. The molecule has 0 aromatic heterocycles. The van der Waals surface area contributed by atoms with E-state index in [4.69, 9.17) is 5.11 Å². The van der Waals surface area contributed by atoms with Gasteiger partial charge in [-0.3, -0.25) is 4.79 Å². The molecule has 4 nitrogen and oxygen atoms in total. The summed E-state index contributed by atoms with van der Waals surface area (Å²) in [5, 5.41) is 28.0. The molecule has 0 amide bonds. The number of aliphatic carboxylic acids is 1. The number of carboxylic acids is 1. The molecule has 20 heavy (non-hydrogen) atoms. The topological polar surface area (TPSA) is 77.8 Å². The van der Waals surface area contributed by atoms with E-state index in [0.29, 0.717) is 19.3 Å². The van der Waals surface area contributed by atoms with Crippen LogP contribution in [0, 0.1) is 0 Å². The van der Waals surface area contributed by atoms with E-state index in [2.05, 4.69) is 6.92 Å². The smallest absolute Gasteiger partial charge is 0.303 e. The Morgan fingerprint density at radius 2 is 1.25 bits per heavy atom. The van der Waals surface area contributed by atoms with E-state index in [-0.39, 0.29) is 12.8 Å². The van der Waals surface area contributed by atoms with E-state index in [0.717, 1.165) is 12.8 Å². The van der Waals surface area contributed by atoms with E-state index < -0.39 is 11.8 Å². The van der Waals surface area contributed by atoms with Crippen LogP contribution in [0.25, 0.3) is 0 Å². The summed E-state index contributed by atoms with van der Waals surface area (Å²) in [6.07, 6.45) is 11.3. The Balaban J connectivity index is 3.40. The lowest BCUT2D eigenvalue weighted by molar-refractivity contribution is -0.172. The number of rotatable bonds is 14. The second-order valence-electron chi connectivity index (χ2n) is 5.81. The fraction of sp³-hybridized carbons (Fsp3) is 0.938. The van der Waals surface area contributed by atoms with Crippen LogP contribution in [0.3, 0.4) is 0 Å². The first-order chi connectivity index (χ1) is 9.48. The molecule has 120 valence electrons. The van der Waals surface area contributed by atoms with Gasteiger partial charge >= 0.3 is 5.97 Å². The Kier molecular flexibility index (Phi) is 11.8. The largest absolute Gasteiger partial charge is 0.481 e. The normalized spacial score (nSPS) is 11.8. The SMILES string of the molecule is CCCCCCCCCCC(O)(O)CCCCC(=O)O. The van der Waals surface area contributed by atoms with Crippen LogP contribution in [-0.4, -0.2) is 27.1 Å². The van der Waals surface area contributed by atoms with Gasteiger partial charge < -0.3 is 15.3 Å². The first-order valence-electron chi connectivity index (χ1n) is 8.14. The van der Waals surface area contributed by atoms with Crippen molar-refractivity contribution in [2.75, 3.05) is 0 Å². The van der Waals surface area contributed by atoms with E-state index in [1.165, 1.54) is 38.5 Å². The van der Waals surface area contributed by atoms with E-state index in [1.807, 2.05) is 0 Å². The van der Waals surface area contributed by atoms with Gasteiger partial charge in [-0.1, -0.05) is 51.9 Å². The lowest BCUT2D eigenvalue weighted by Crippen LogP contribution is -2.27. The molecule has 0 spiro atoms. The summed E-state index contributed by atoms with van der Waals surface area (Å²) in [5.41, 5.74) is 0. The van der Waals surface area contributed by atoms with Gasteiger partial charge in [-0.05, 0) is 19.3 Å². The van der Waals surface area contributed by atoms with Crippen LogP contribution in [0.4, 0.5) is 0 Å². The molecule has 0 aromatic rings. The van der Waals surface area contributed by atoms with Crippen molar-refractivity contribution in [3.63, 3.8) is 0 Å². The van der Waals surface area contributed by atoms with Gasteiger partial charge in [0.2, 0.25) is 0 Å². The zero-order valence-electron chi connectivity index (χ0n) is 12.9. The molecule has 0 saturated heterocycles. The third-order valence-electron chi connectivity index (χ3n) is 3.65. The Labute approximate surface area is 123 Å². The van der Waals surface area contributed by atoms with Crippen molar-refractivity contribution >= 4 is 5.97 Å². The summed E-state index contributed by atoms with van der Waals surface area (Å²) in [4.78, 5) is 10.3. The Morgan fingerprint density at radius 1 is 0.800 bits per heavy atom. The summed E-state index contributed by atoms with van der Waals surface area (Å²) < 4.78 is 0. The maximum Gasteiger partial charge on any atom is 0.303 e. The predicted molar refractivity (Wildman–Crippen MR) is 80.5 cm³/mol. The van der Waals surface area contributed by atoms with Crippen LogP contribution >= 0.6 is 0 Å². The highest BCUT2D eigenvalue weighted by Gasteiger charge is 2.21. The molecule has 0 aromatic carbocycles. The van der Waals surface area contributed by atoms with Gasteiger partial charge in [0.15, 0.2) is 5.79 Å². The van der Waals surface area contributed by atoms with Crippen LogP contribution in [0.2, 0.25) is 0 Å². The molecule has 0 heterocycles.